The summed E-state index contributed by atoms with van der Waals surface area (Å²) in [5, 5.41) is 0. The summed E-state index contributed by atoms with van der Waals surface area (Å²) in [6.45, 7) is 2.43. The van der Waals surface area contributed by atoms with Gasteiger partial charge in [0.2, 0.25) is 11.8 Å². The lowest BCUT2D eigenvalue weighted by molar-refractivity contribution is -0.135. The van der Waals surface area contributed by atoms with Gasteiger partial charge in [-0.25, -0.2) is 0 Å². The van der Waals surface area contributed by atoms with Crippen molar-refractivity contribution in [3.05, 3.63) is 0 Å². The van der Waals surface area contributed by atoms with Crippen LogP contribution in [-0.4, -0.2) is 16.2 Å². The van der Waals surface area contributed by atoms with Crippen LogP contribution in [0.3, 0.4) is 0 Å². The van der Waals surface area contributed by atoms with Gasteiger partial charge in [0.15, 0.2) is 0 Å². The predicted octanol–water partition coefficient (Wildman–Crippen LogP) is 0.535. The fraction of sp³-hybridized carbons (Fsp3) is 0.500. The summed E-state index contributed by atoms with van der Waals surface area (Å²) in [6.07, 6.45) is 0. The van der Waals surface area contributed by atoms with E-state index in [4.69, 9.17) is 11.8 Å². The lowest BCUT2D eigenvalue weighted by Gasteiger charge is -2.02. The van der Waals surface area contributed by atoms with Crippen molar-refractivity contribution in [1.82, 2.24) is 4.42 Å². The molecular weight excluding hydrogens is 130 g/mol. The average Bonchev–Trinajstić information content (AvgIpc) is 1.64. The van der Waals surface area contributed by atoms with Gasteiger partial charge in [-0.15, -0.1) is 0 Å². The van der Waals surface area contributed by atoms with Crippen molar-refractivity contribution in [2.24, 2.45) is 0 Å². The van der Waals surface area contributed by atoms with E-state index in [1.807, 2.05) is 0 Å². The molecule has 4 heteroatoms. The van der Waals surface area contributed by atoms with Gasteiger partial charge in [-0.3, -0.25) is 9.59 Å². The second kappa shape index (κ2) is 2.67. The summed E-state index contributed by atoms with van der Waals surface area (Å²) in [5.41, 5.74) is 0. The number of hydrogen-bond acceptors (Lipinski definition) is 2. The van der Waals surface area contributed by atoms with Gasteiger partial charge >= 0.3 is 0 Å². The van der Waals surface area contributed by atoms with Gasteiger partial charge < -0.3 is 0 Å². The summed E-state index contributed by atoms with van der Waals surface area (Å²) in [7, 11) is 0. The zero-order valence-electron chi connectivity index (χ0n) is 4.64. The number of carbonyl (C=O) groups excluding carboxylic acids is 2. The Morgan fingerprint density at radius 3 is 1.50 bits per heavy atom. The molecule has 8 heavy (non-hydrogen) atoms. The average molecular weight is 136 g/mol. The number of halogens is 1. The van der Waals surface area contributed by atoms with Crippen molar-refractivity contribution >= 4 is 23.6 Å². The Hall–Kier alpha value is -0.570. The summed E-state index contributed by atoms with van der Waals surface area (Å²) in [4.78, 5) is 20.3. The number of amides is 2. The monoisotopic (exact) mass is 135 g/mol. The molecule has 0 aromatic carbocycles. The summed E-state index contributed by atoms with van der Waals surface area (Å²) >= 11 is 5.08. The SMILES string of the molecule is CC(=O)N(Cl)C(C)=O. The van der Waals surface area contributed by atoms with Crippen LogP contribution in [0.15, 0.2) is 0 Å². The molecule has 0 aliphatic heterocycles. The zero-order chi connectivity index (χ0) is 6.73. The summed E-state index contributed by atoms with van der Waals surface area (Å²) in [6, 6.07) is 0. The molecule has 3 nitrogen and oxygen atoms in total. The maximum Gasteiger partial charge on any atom is 0.240 e. The molecule has 0 saturated carbocycles. The van der Waals surface area contributed by atoms with Crippen LogP contribution in [0, 0.1) is 0 Å². The van der Waals surface area contributed by atoms with Gasteiger partial charge in [0.25, 0.3) is 0 Å². The number of carbonyl (C=O) groups is 2. The standard InChI is InChI=1S/C4H6ClNO2/c1-3(7)6(5)4(2)8/h1-2H3. The number of nitrogens with zero attached hydrogens (tertiary/aromatic N) is 1. The maximum absolute atomic E-state index is 10.2. The molecule has 2 amide bonds. The fourth-order valence-electron chi connectivity index (χ4n) is 0.222. The van der Waals surface area contributed by atoms with Gasteiger partial charge in [-0.1, -0.05) is 0 Å². The third kappa shape index (κ3) is 1.93. The Morgan fingerprint density at radius 1 is 1.25 bits per heavy atom. The van der Waals surface area contributed by atoms with E-state index in [2.05, 4.69) is 0 Å². The van der Waals surface area contributed by atoms with Crippen LogP contribution >= 0.6 is 11.8 Å². The minimum Gasteiger partial charge on any atom is -0.273 e. The Bertz CT molecular complexity index is 109. The van der Waals surface area contributed by atoms with E-state index in [0.29, 0.717) is 4.42 Å². The molecule has 0 N–H and O–H groups in total. The minimum absolute atomic E-state index is 0.459. The molecule has 0 unspecified atom stereocenters. The van der Waals surface area contributed by atoms with Crippen LogP contribution in [0.5, 0.6) is 0 Å². The highest BCUT2D eigenvalue weighted by atomic mass is 35.5. The Labute approximate surface area is 52.3 Å². The largest absolute Gasteiger partial charge is 0.273 e. The number of imide groups is 1. The van der Waals surface area contributed by atoms with Crippen molar-refractivity contribution < 1.29 is 9.59 Å². The Balaban J connectivity index is 3.83. The highest BCUT2D eigenvalue weighted by molar-refractivity contribution is 6.29. The number of hydrogen-bond donors (Lipinski definition) is 0. The molecule has 0 atom stereocenters. The first-order valence-electron chi connectivity index (χ1n) is 2.02. The molecule has 46 valence electrons. The van der Waals surface area contributed by atoms with E-state index in [1.54, 1.807) is 0 Å². The van der Waals surface area contributed by atoms with Crippen LogP contribution in [0.2, 0.25) is 0 Å². The van der Waals surface area contributed by atoms with Crippen molar-refractivity contribution in [3.8, 4) is 0 Å². The van der Waals surface area contributed by atoms with Gasteiger partial charge in [-0.05, 0) is 0 Å². The second-order valence-corrected chi connectivity index (χ2v) is 1.66. The minimum atomic E-state index is -0.459. The molecule has 0 fully saturated rings. The van der Waals surface area contributed by atoms with Crippen LogP contribution in [-0.2, 0) is 9.59 Å². The lowest BCUT2D eigenvalue weighted by Crippen LogP contribution is -2.22. The van der Waals surface area contributed by atoms with E-state index in [-0.39, 0.29) is 0 Å². The molecule has 0 spiro atoms. The van der Waals surface area contributed by atoms with E-state index in [1.165, 1.54) is 13.8 Å². The van der Waals surface area contributed by atoms with E-state index >= 15 is 0 Å². The molecule has 0 saturated heterocycles. The second-order valence-electron chi connectivity index (χ2n) is 1.32. The van der Waals surface area contributed by atoms with Crippen molar-refractivity contribution in [2.75, 3.05) is 0 Å². The maximum atomic E-state index is 10.2. The van der Waals surface area contributed by atoms with Crippen molar-refractivity contribution in [2.45, 2.75) is 13.8 Å². The van der Waals surface area contributed by atoms with E-state index < -0.39 is 11.8 Å². The first-order valence-corrected chi connectivity index (χ1v) is 2.36. The Kier molecular flexibility index (Phi) is 2.48. The van der Waals surface area contributed by atoms with Gasteiger partial charge in [0, 0.05) is 25.6 Å². The summed E-state index contributed by atoms with van der Waals surface area (Å²) in [5.74, 6) is -0.918. The molecule has 0 aromatic heterocycles. The molecule has 0 aliphatic carbocycles. The van der Waals surface area contributed by atoms with Crippen molar-refractivity contribution in [1.29, 1.82) is 0 Å². The normalized spacial score (nSPS) is 8.38. The first-order chi connectivity index (χ1) is 3.55. The van der Waals surface area contributed by atoms with Crippen LogP contribution in [0.25, 0.3) is 0 Å². The van der Waals surface area contributed by atoms with Crippen LogP contribution < -0.4 is 0 Å². The lowest BCUT2D eigenvalue weighted by atomic mass is 10.6. The van der Waals surface area contributed by atoms with Crippen molar-refractivity contribution in [3.63, 3.8) is 0 Å². The molecule has 0 aliphatic rings. The summed E-state index contributed by atoms with van der Waals surface area (Å²) < 4.78 is 0.528. The molecule has 0 aromatic rings. The predicted molar refractivity (Wildman–Crippen MR) is 29.1 cm³/mol. The molecular formula is C4H6ClNO2. The third-order valence-corrected chi connectivity index (χ3v) is 1.03. The highest BCUT2D eigenvalue weighted by Crippen LogP contribution is 1.93. The van der Waals surface area contributed by atoms with Crippen LogP contribution in [0.4, 0.5) is 0 Å². The Morgan fingerprint density at radius 2 is 1.50 bits per heavy atom. The van der Waals surface area contributed by atoms with Gasteiger partial charge in [0.1, 0.15) is 0 Å². The van der Waals surface area contributed by atoms with E-state index in [0.717, 1.165) is 0 Å². The van der Waals surface area contributed by atoms with Crippen LogP contribution in [0.1, 0.15) is 13.8 Å². The molecule has 0 rings (SSSR count). The first kappa shape index (κ1) is 7.43. The third-order valence-electron chi connectivity index (χ3n) is 0.553. The highest BCUT2D eigenvalue weighted by Gasteiger charge is 2.07. The molecule has 0 radical (unpaired) electrons. The molecule has 0 heterocycles. The van der Waals surface area contributed by atoms with Gasteiger partial charge in [0.05, 0.1) is 0 Å². The molecule has 0 bridgehead atoms. The van der Waals surface area contributed by atoms with E-state index in [9.17, 15) is 9.59 Å². The van der Waals surface area contributed by atoms with Gasteiger partial charge in [-0.2, -0.15) is 4.42 Å². The quantitative estimate of drug-likeness (QED) is 0.455. The zero-order valence-corrected chi connectivity index (χ0v) is 5.40. The topological polar surface area (TPSA) is 37.4 Å². The number of rotatable bonds is 0. The smallest absolute Gasteiger partial charge is 0.240 e. The fourth-order valence-corrected chi connectivity index (χ4v) is 0.222.